The number of fused-ring (bicyclic) bond motifs is 3. The molecule has 0 fully saturated rings. The largest absolute Gasteiger partial charge is 0.481 e. The molecule has 1 heterocycles. The third kappa shape index (κ3) is 7.19. The number of aryl methyl sites for hydroxylation is 1. The van der Waals surface area contributed by atoms with Gasteiger partial charge in [-0.05, 0) is 80.9 Å². The maximum atomic E-state index is 13.7. The first kappa shape index (κ1) is 29.1. The van der Waals surface area contributed by atoms with Crippen LogP contribution in [-0.2, 0) is 11.8 Å². The van der Waals surface area contributed by atoms with Gasteiger partial charge in [-0.25, -0.2) is 4.39 Å². The lowest BCUT2D eigenvalue weighted by atomic mass is 9.72. The average Bonchev–Trinajstić information content (AvgIpc) is 2.92. The van der Waals surface area contributed by atoms with Gasteiger partial charge in [0.2, 0.25) is 0 Å². The zero-order valence-corrected chi connectivity index (χ0v) is 22.7. The maximum absolute atomic E-state index is 13.7. The van der Waals surface area contributed by atoms with Gasteiger partial charge in [0.25, 0.3) is 0 Å². The monoisotopic (exact) mass is 491 g/mol. The van der Waals surface area contributed by atoms with E-state index in [-0.39, 0.29) is 30.0 Å². The second-order valence-electron chi connectivity index (χ2n) is 10.3. The van der Waals surface area contributed by atoms with Crippen molar-refractivity contribution in [2.24, 2.45) is 13.0 Å². The second kappa shape index (κ2) is 13.2. The van der Waals surface area contributed by atoms with Gasteiger partial charge in [-0.15, -0.1) is 13.2 Å². The summed E-state index contributed by atoms with van der Waals surface area (Å²) in [5, 5.41) is 10.7. The molecule has 3 atom stereocenters. The number of carboxylic acids is 1. The number of halogens is 1. The molecule has 0 aliphatic heterocycles. The topological polar surface area (TPSA) is 42.2 Å². The van der Waals surface area contributed by atoms with Gasteiger partial charge in [-0.3, -0.25) is 4.79 Å². The van der Waals surface area contributed by atoms with Crippen LogP contribution >= 0.6 is 0 Å². The first-order valence-electron chi connectivity index (χ1n) is 12.8. The highest BCUT2D eigenvalue weighted by Gasteiger charge is 2.36. The number of aliphatic carboxylic acids is 1. The van der Waals surface area contributed by atoms with Crippen molar-refractivity contribution < 1.29 is 14.3 Å². The number of nitrogens with zero attached hydrogens (tertiary/aromatic N) is 1. The molecule has 2 aliphatic rings. The Balaban J connectivity index is 0.000000583. The molecule has 0 bridgehead atoms. The van der Waals surface area contributed by atoms with E-state index in [1.807, 2.05) is 33.9 Å². The zero-order chi connectivity index (χ0) is 27.0. The van der Waals surface area contributed by atoms with Crippen molar-refractivity contribution in [3.05, 3.63) is 96.0 Å². The molecule has 1 aromatic carbocycles. The van der Waals surface area contributed by atoms with Crippen LogP contribution in [0.3, 0.4) is 0 Å². The Morgan fingerprint density at radius 2 is 1.89 bits per heavy atom. The van der Waals surface area contributed by atoms with E-state index in [1.54, 1.807) is 18.2 Å². The number of carbonyl (C=O) groups is 1. The van der Waals surface area contributed by atoms with E-state index in [9.17, 15) is 14.3 Å². The first-order valence-corrected chi connectivity index (χ1v) is 12.8. The number of carboxylic acid groups (broad SMARTS) is 1. The molecule has 2 aromatic rings. The summed E-state index contributed by atoms with van der Waals surface area (Å²) >= 11 is 0. The fourth-order valence-corrected chi connectivity index (χ4v) is 5.08. The Bertz CT molecular complexity index is 1170. The summed E-state index contributed by atoms with van der Waals surface area (Å²) < 4.78 is 15.9. The Hall–Kier alpha value is -3.14. The van der Waals surface area contributed by atoms with E-state index in [0.29, 0.717) is 5.92 Å². The number of hydrogen-bond acceptors (Lipinski definition) is 1. The summed E-state index contributed by atoms with van der Waals surface area (Å²) in [6.07, 6.45) is 12.5. The van der Waals surface area contributed by atoms with Crippen molar-refractivity contribution in [3.63, 3.8) is 0 Å². The maximum Gasteiger partial charge on any atom is 0.304 e. The molecule has 0 spiro atoms. The SMILES string of the molecule is C=C(C)C.C=CC.CC(C)c1ccc2c(c1)c1c(n2C)C(CC(=O)O)CCC1C1C=CC=C(F)C=C1. The zero-order valence-electron chi connectivity index (χ0n) is 22.7. The minimum absolute atomic E-state index is 0.00671. The average molecular weight is 492 g/mol. The third-order valence-electron chi connectivity index (χ3n) is 6.51. The fraction of sp³-hybridized carbons (Fsp3) is 0.406. The lowest BCUT2D eigenvalue weighted by molar-refractivity contribution is -0.137. The molecule has 4 rings (SSSR count). The van der Waals surface area contributed by atoms with E-state index in [0.717, 1.165) is 24.1 Å². The molecule has 0 radical (unpaired) electrons. The molecule has 0 amide bonds. The van der Waals surface area contributed by atoms with Crippen molar-refractivity contribution in [1.82, 2.24) is 4.57 Å². The second-order valence-corrected chi connectivity index (χ2v) is 10.3. The molecule has 3 nitrogen and oxygen atoms in total. The van der Waals surface area contributed by atoms with Crippen LogP contribution in [0.4, 0.5) is 4.39 Å². The van der Waals surface area contributed by atoms with Crippen molar-refractivity contribution in [2.75, 3.05) is 0 Å². The van der Waals surface area contributed by atoms with Crippen molar-refractivity contribution >= 4 is 16.9 Å². The van der Waals surface area contributed by atoms with Crippen molar-refractivity contribution in [2.45, 2.75) is 71.6 Å². The van der Waals surface area contributed by atoms with E-state index < -0.39 is 5.97 Å². The van der Waals surface area contributed by atoms with Crippen molar-refractivity contribution in [3.8, 4) is 0 Å². The smallest absolute Gasteiger partial charge is 0.304 e. The van der Waals surface area contributed by atoms with Gasteiger partial charge >= 0.3 is 5.97 Å². The Kier molecular flexibility index (Phi) is 10.7. The van der Waals surface area contributed by atoms with Gasteiger partial charge in [0, 0.05) is 35.5 Å². The summed E-state index contributed by atoms with van der Waals surface area (Å²) in [7, 11) is 2.05. The Labute approximate surface area is 216 Å². The van der Waals surface area contributed by atoms with Crippen LogP contribution < -0.4 is 0 Å². The highest BCUT2D eigenvalue weighted by Crippen LogP contribution is 2.49. The van der Waals surface area contributed by atoms with Gasteiger partial charge in [0.05, 0.1) is 6.42 Å². The van der Waals surface area contributed by atoms with Crippen molar-refractivity contribution in [1.29, 1.82) is 0 Å². The van der Waals surface area contributed by atoms with E-state index in [1.165, 1.54) is 28.2 Å². The quantitative estimate of drug-likeness (QED) is 0.433. The molecule has 2 aliphatic carbocycles. The van der Waals surface area contributed by atoms with Gasteiger partial charge in [-0.2, -0.15) is 0 Å². The van der Waals surface area contributed by atoms with E-state index in [4.69, 9.17) is 0 Å². The molecular weight excluding hydrogens is 449 g/mol. The summed E-state index contributed by atoms with van der Waals surface area (Å²) in [5.41, 5.74) is 5.99. The molecular formula is C32H42FNO2. The van der Waals surface area contributed by atoms with Crippen LogP contribution in [0.1, 0.15) is 88.5 Å². The normalized spacial score (nSPS) is 20.3. The van der Waals surface area contributed by atoms with Crippen LogP contribution in [-0.4, -0.2) is 15.6 Å². The van der Waals surface area contributed by atoms with Crippen LogP contribution in [0.15, 0.2) is 79.2 Å². The van der Waals surface area contributed by atoms with Gasteiger partial charge in [0.15, 0.2) is 0 Å². The van der Waals surface area contributed by atoms with E-state index >= 15 is 0 Å². The van der Waals surface area contributed by atoms with Crippen LogP contribution in [0.25, 0.3) is 10.9 Å². The van der Waals surface area contributed by atoms with Crippen LogP contribution in [0.2, 0.25) is 0 Å². The molecule has 1 aromatic heterocycles. The predicted octanol–water partition coefficient (Wildman–Crippen LogP) is 9.11. The van der Waals surface area contributed by atoms with Gasteiger partial charge in [-0.1, -0.05) is 49.8 Å². The number of allylic oxidation sites excluding steroid dienone is 8. The third-order valence-corrected chi connectivity index (χ3v) is 6.51. The van der Waals surface area contributed by atoms with Crippen LogP contribution in [0.5, 0.6) is 0 Å². The molecule has 1 N–H and O–H groups in total. The first-order chi connectivity index (χ1) is 17.0. The van der Waals surface area contributed by atoms with Crippen LogP contribution in [0, 0.1) is 5.92 Å². The molecule has 36 heavy (non-hydrogen) atoms. The van der Waals surface area contributed by atoms with E-state index in [2.05, 4.69) is 55.8 Å². The summed E-state index contributed by atoms with van der Waals surface area (Å²) in [5.74, 6) is -0.253. The lowest BCUT2D eigenvalue weighted by Crippen LogP contribution is -2.22. The fourth-order valence-electron chi connectivity index (χ4n) is 5.08. The minimum atomic E-state index is -0.756. The molecule has 4 heteroatoms. The Morgan fingerprint density at radius 1 is 1.25 bits per heavy atom. The Morgan fingerprint density at radius 3 is 2.47 bits per heavy atom. The van der Waals surface area contributed by atoms with Gasteiger partial charge in [0.1, 0.15) is 5.83 Å². The highest BCUT2D eigenvalue weighted by atomic mass is 19.1. The lowest BCUT2D eigenvalue weighted by Gasteiger charge is -2.32. The molecule has 0 saturated heterocycles. The molecule has 3 unspecified atom stereocenters. The number of hydrogen-bond donors (Lipinski definition) is 1. The standard InChI is InChI=1S/C25H28FNO2.C4H8.C3H6/c1-15(2)17-9-12-22-21(13-17)24-20(16-5-4-6-19(26)10-7-16)11-8-18(14-23(28)29)25(24)27(22)3;1-4(2)3;1-3-2/h4-7,9-10,12-13,15-16,18,20H,8,11,14H2,1-3H3,(H,28,29);1H2,2-3H3;3H,1H2,2H3. The molecule has 0 saturated carbocycles. The number of aromatic nitrogens is 1. The highest BCUT2D eigenvalue weighted by molar-refractivity contribution is 5.88. The summed E-state index contributed by atoms with van der Waals surface area (Å²) in [6, 6.07) is 6.61. The predicted molar refractivity (Wildman–Crippen MR) is 151 cm³/mol. The summed E-state index contributed by atoms with van der Waals surface area (Å²) in [6.45, 7) is 17.1. The minimum Gasteiger partial charge on any atom is -0.481 e. The summed E-state index contributed by atoms with van der Waals surface area (Å²) in [4.78, 5) is 11.5. The molecule has 194 valence electrons. The number of benzene rings is 1. The number of rotatable bonds is 4. The van der Waals surface area contributed by atoms with Gasteiger partial charge < -0.3 is 9.67 Å².